The molecule has 0 saturated carbocycles. The summed E-state index contributed by atoms with van der Waals surface area (Å²) in [5.41, 5.74) is 1.58. The highest BCUT2D eigenvalue weighted by Gasteiger charge is 2.07. The summed E-state index contributed by atoms with van der Waals surface area (Å²) in [5.74, 6) is 0.199. The molecule has 0 atom stereocenters. The topological polar surface area (TPSA) is 20.2 Å². The van der Waals surface area contributed by atoms with Crippen molar-refractivity contribution in [2.75, 3.05) is 0 Å². The van der Waals surface area contributed by atoms with Gasteiger partial charge in [0.2, 0.25) is 0 Å². The molecule has 1 nitrogen and oxygen atoms in total. The Hall–Kier alpha value is -0.890. The van der Waals surface area contributed by atoms with Crippen LogP contribution in [0.1, 0.15) is 11.1 Å². The lowest BCUT2D eigenvalue weighted by molar-refractivity contribution is 0.469. The predicted molar refractivity (Wildman–Crippen MR) is 72.4 cm³/mol. The molecule has 0 aromatic heterocycles. The van der Waals surface area contributed by atoms with Gasteiger partial charge in [-0.1, -0.05) is 34.8 Å². The lowest BCUT2D eigenvalue weighted by atomic mass is 10.0. The molecule has 0 aliphatic rings. The Bertz CT molecular complexity index is 503. The molecule has 2 aromatic rings. The van der Waals surface area contributed by atoms with E-state index in [1.165, 1.54) is 0 Å². The Labute approximate surface area is 115 Å². The summed E-state index contributed by atoms with van der Waals surface area (Å²) in [6.07, 6.45) is 0.492. The second-order valence-electron chi connectivity index (χ2n) is 3.69. The highest BCUT2D eigenvalue weighted by molar-refractivity contribution is 6.33. The van der Waals surface area contributed by atoms with Crippen molar-refractivity contribution in [3.63, 3.8) is 0 Å². The molecule has 1 N–H and O–H groups in total. The second kappa shape index (κ2) is 5.18. The van der Waals surface area contributed by atoms with E-state index in [0.717, 1.165) is 11.1 Å². The van der Waals surface area contributed by atoms with Crippen LogP contribution in [-0.4, -0.2) is 5.11 Å². The molecule has 0 bridgehead atoms. The van der Waals surface area contributed by atoms with Crippen molar-refractivity contribution in [2.45, 2.75) is 6.42 Å². The quantitative estimate of drug-likeness (QED) is 0.829. The number of benzene rings is 2. The van der Waals surface area contributed by atoms with E-state index < -0.39 is 0 Å². The first-order valence-corrected chi connectivity index (χ1v) is 6.11. The van der Waals surface area contributed by atoms with E-state index in [0.29, 0.717) is 21.5 Å². The van der Waals surface area contributed by atoms with Crippen LogP contribution in [0.15, 0.2) is 36.4 Å². The fourth-order valence-corrected chi connectivity index (χ4v) is 2.15. The maximum Gasteiger partial charge on any atom is 0.119 e. The molecule has 0 spiro atoms. The van der Waals surface area contributed by atoms with Crippen LogP contribution in [-0.2, 0) is 6.42 Å². The van der Waals surface area contributed by atoms with E-state index in [1.54, 1.807) is 36.4 Å². The van der Waals surface area contributed by atoms with Gasteiger partial charge in [0.25, 0.3) is 0 Å². The normalized spacial score (nSPS) is 10.5. The molecule has 2 rings (SSSR count). The van der Waals surface area contributed by atoms with Gasteiger partial charge in [-0.15, -0.1) is 0 Å². The average Bonchev–Trinajstić information content (AvgIpc) is 2.28. The number of aromatic hydroxyl groups is 1. The maximum atomic E-state index is 9.72. The summed E-state index contributed by atoms with van der Waals surface area (Å²) in [4.78, 5) is 0. The number of hydrogen-bond donors (Lipinski definition) is 1. The summed E-state index contributed by atoms with van der Waals surface area (Å²) >= 11 is 17.9. The van der Waals surface area contributed by atoms with Crippen LogP contribution in [0.2, 0.25) is 15.1 Å². The van der Waals surface area contributed by atoms with E-state index in [9.17, 15) is 5.11 Å². The highest BCUT2D eigenvalue weighted by Crippen LogP contribution is 2.28. The van der Waals surface area contributed by atoms with Gasteiger partial charge < -0.3 is 5.11 Å². The van der Waals surface area contributed by atoms with Crippen LogP contribution in [0, 0.1) is 0 Å². The van der Waals surface area contributed by atoms with E-state index in [1.807, 2.05) is 0 Å². The fourth-order valence-electron chi connectivity index (χ4n) is 1.58. The van der Waals surface area contributed by atoms with Crippen molar-refractivity contribution < 1.29 is 5.11 Å². The van der Waals surface area contributed by atoms with Gasteiger partial charge in [0.1, 0.15) is 5.75 Å². The molecule has 0 heterocycles. The zero-order valence-electron chi connectivity index (χ0n) is 8.75. The van der Waals surface area contributed by atoms with Crippen LogP contribution < -0.4 is 0 Å². The van der Waals surface area contributed by atoms with Crippen LogP contribution in [0.25, 0.3) is 0 Å². The van der Waals surface area contributed by atoms with E-state index in [2.05, 4.69) is 0 Å². The minimum Gasteiger partial charge on any atom is -0.508 e. The number of halogens is 3. The van der Waals surface area contributed by atoms with Crippen LogP contribution >= 0.6 is 34.8 Å². The molecule has 17 heavy (non-hydrogen) atoms. The Balaban J connectivity index is 2.37. The molecule has 88 valence electrons. The molecule has 0 aliphatic heterocycles. The van der Waals surface area contributed by atoms with E-state index in [-0.39, 0.29) is 5.75 Å². The van der Waals surface area contributed by atoms with Crippen molar-refractivity contribution in [1.29, 1.82) is 0 Å². The zero-order valence-corrected chi connectivity index (χ0v) is 11.0. The van der Waals surface area contributed by atoms with Crippen molar-refractivity contribution in [3.8, 4) is 5.75 Å². The number of phenols is 1. The summed E-state index contributed by atoms with van der Waals surface area (Å²) in [6, 6.07) is 10.2. The molecule has 0 radical (unpaired) electrons. The molecule has 0 amide bonds. The van der Waals surface area contributed by atoms with Gasteiger partial charge in [0.15, 0.2) is 0 Å². The van der Waals surface area contributed by atoms with E-state index >= 15 is 0 Å². The first-order valence-electron chi connectivity index (χ1n) is 4.97. The van der Waals surface area contributed by atoms with Gasteiger partial charge in [-0.05, 0) is 47.5 Å². The van der Waals surface area contributed by atoms with Crippen molar-refractivity contribution in [1.82, 2.24) is 0 Å². The Morgan fingerprint density at radius 3 is 2.12 bits per heavy atom. The SMILES string of the molecule is Oc1ccc(Cl)cc1Cc1cc(Cl)ccc1Cl. The summed E-state index contributed by atoms with van der Waals surface area (Å²) in [7, 11) is 0. The Kier molecular flexibility index (Phi) is 3.82. The summed E-state index contributed by atoms with van der Waals surface area (Å²) in [5, 5.41) is 11.5. The number of hydrogen-bond acceptors (Lipinski definition) is 1. The third-order valence-electron chi connectivity index (χ3n) is 2.43. The second-order valence-corrected chi connectivity index (χ2v) is 4.97. The van der Waals surface area contributed by atoms with Gasteiger partial charge >= 0.3 is 0 Å². The van der Waals surface area contributed by atoms with Gasteiger partial charge in [0, 0.05) is 21.5 Å². The standard InChI is InChI=1S/C13H9Cl3O/c14-10-1-3-12(16)8(6-10)5-9-7-11(15)2-4-13(9)17/h1-4,6-7,17H,5H2. The van der Waals surface area contributed by atoms with Gasteiger partial charge in [-0.2, -0.15) is 0 Å². The van der Waals surface area contributed by atoms with Gasteiger partial charge in [-0.3, -0.25) is 0 Å². The molecule has 0 unspecified atom stereocenters. The van der Waals surface area contributed by atoms with Crippen LogP contribution in [0.5, 0.6) is 5.75 Å². The van der Waals surface area contributed by atoms with Crippen molar-refractivity contribution in [3.05, 3.63) is 62.6 Å². The summed E-state index contributed by atoms with van der Waals surface area (Å²) in [6.45, 7) is 0. The highest BCUT2D eigenvalue weighted by atomic mass is 35.5. The van der Waals surface area contributed by atoms with E-state index in [4.69, 9.17) is 34.8 Å². The largest absolute Gasteiger partial charge is 0.508 e. The zero-order chi connectivity index (χ0) is 12.4. The predicted octanol–water partition coefficient (Wildman–Crippen LogP) is 4.94. The third kappa shape index (κ3) is 3.06. The first-order chi connectivity index (χ1) is 8.06. The molecule has 4 heteroatoms. The van der Waals surface area contributed by atoms with Gasteiger partial charge in [-0.25, -0.2) is 0 Å². The molecular weight excluding hydrogens is 279 g/mol. The smallest absolute Gasteiger partial charge is 0.119 e. The molecule has 2 aromatic carbocycles. The fraction of sp³-hybridized carbons (Fsp3) is 0.0769. The van der Waals surface area contributed by atoms with Crippen LogP contribution in [0.4, 0.5) is 0 Å². The first kappa shape index (κ1) is 12.6. The average molecular weight is 288 g/mol. The minimum atomic E-state index is 0.199. The molecule has 0 aliphatic carbocycles. The van der Waals surface area contributed by atoms with Crippen molar-refractivity contribution in [2.24, 2.45) is 0 Å². The van der Waals surface area contributed by atoms with Crippen LogP contribution in [0.3, 0.4) is 0 Å². The molecule has 0 fully saturated rings. The lowest BCUT2D eigenvalue weighted by Gasteiger charge is -2.07. The lowest BCUT2D eigenvalue weighted by Crippen LogP contribution is -1.90. The van der Waals surface area contributed by atoms with Gasteiger partial charge in [0.05, 0.1) is 0 Å². The van der Waals surface area contributed by atoms with Crippen molar-refractivity contribution >= 4 is 34.8 Å². The maximum absolute atomic E-state index is 9.72. The summed E-state index contributed by atoms with van der Waals surface area (Å²) < 4.78 is 0. The monoisotopic (exact) mass is 286 g/mol. The molecule has 0 saturated heterocycles. The Morgan fingerprint density at radius 2 is 1.41 bits per heavy atom. The minimum absolute atomic E-state index is 0.199. The third-order valence-corrected chi connectivity index (χ3v) is 3.27. The Morgan fingerprint density at radius 1 is 0.824 bits per heavy atom. The number of rotatable bonds is 2. The molecular formula is C13H9Cl3O. The number of phenolic OH excluding ortho intramolecular Hbond substituents is 1.